The van der Waals surface area contributed by atoms with Gasteiger partial charge in [0.15, 0.2) is 0 Å². The minimum Gasteiger partial charge on any atom is -0.395 e. The molecule has 2 N–H and O–H groups in total. The van der Waals surface area contributed by atoms with E-state index in [1.807, 2.05) is 0 Å². The van der Waals surface area contributed by atoms with Crippen LogP contribution in [0.4, 0.5) is 10.1 Å². The van der Waals surface area contributed by atoms with Crippen molar-refractivity contribution >= 4 is 18.0 Å². The number of carbonyl (C=O) groups excluding carboxylic acids is 1. The smallest absolute Gasteiger partial charge is 0.236 e. The average Bonchev–Trinajstić information content (AvgIpc) is 2.12. The van der Waals surface area contributed by atoms with E-state index in [4.69, 9.17) is 5.73 Å². The van der Waals surface area contributed by atoms with Gasteiger partial charge in [-0.05, 0) is 11.6 Å². The van der Waals surface area contributed by atoms with Gasteiger partial charge in [-0.15, -0.1) is 0 Å². The van der Waals surface area contributed by atoms with Gasteiger partial charge in [0.2, 0.25) is 5.95 Å². The number of aromatic nitrogens is 1. The van der Waals surface area contributed by atoms with Crippen LogP contribution in [0.25, 0.3) is 6.08 Å². The lowest BCUT2D eigenvalue weighted by Crippen LogP contribution is -1.93. The van der Waals surface area contributed by atoms with Gasteiger partial charge in [-0.3, -0.25) is 0 Å². The molecule has 0 spiro atoms. The number of halogens is 1. The van der Waals surface area contributed by atoms with Crippen molar-refractivity contribution in [3.63, 3.8) is 0 Å². The molecule has 0 aliphatic carbocycles. The molecule has 1 heterocycles. The maximum atomic E-state index is 12.6. The maximum Gasteiger partial charge on any atom is 0.236 e. The molecule has 68 valence electrons. The Kier molecular flexibility index (Phi) is 3.14. The van der Waals surface area contributed by atoms with Gasteiger partial charge in [-0.2, -0.15) is 4.39 Å². The van der Waals surface area contributed by atoms with Crippen molar-refractivity contribution in [2.24, 2.45) is 0 Å². The van der Waals surface area contributed by atoms with Crippen LogP contribution in [0, 0.1) is 5.95 Å². The van der Waals surface area contributed by atoms with E-state index >= 15 is 0 Å². The second-order valence-electron chi connectivity index (χ2n) is 2.45. The molecular formula is C9H9FN2O. The van der Waals surface area contributed by atoms with Crippen LogP contribution in [0.2, 0.25) is 0 Å². The minimum atomic E-state index is -0.674. The van der Waals surface area contributed by atoms with Crippen LogP contribution < -0.4 is 5.73 Å². The fourth-order valence-electron chi connectivity index (χ4n) is 0.833. The predicted octanol–water partition coefficient (Wildman–Crippen LogP) is 1.41. The van der Waals surface area contributed by atoms with Crippen molar-refractivity contribution < 1.29 is 9.18 Å². The minimum absolute atomic E-state index is 0.00764. The molecule has 0 saturated carbocycles. The average molecular weight is 180 g/mol. The first-order valence-electron chi connectivity index (χ1n) is 3.75. The van der Waals surface area contributed by atoms with Crippen LogP contribution in [0.3, 0.4) is 0 Å². The highest BCUT2D eigenvalue weighted by molar-refractivity contribution is 5.59. The summed E-state index contributed by atoms with van der Waals surface area (Å²) in [4.78, 5) is 13.4. The largest absolute Gasteiger partial charge is 0.395 e. The highest BCUT2D eigenvalue weighted by Gasteiger charge is 1.97. The number of rotatable bonds is 3. The van der Waals surface area contributed by atoms with Gasteiger partial charge in [-0.25, -0.2) is 4.98 Å². The number of hydrogen-bond donors (Lipinski definition) is 1. The van der Waals surface area contributed by atoms with Crippen molar-refractivity contribution in [1.82, 2.24) is 4.98 Å². The number of hydrogen-bond acceptors (Lipinski definition) is 3. The summed E-state index contributed by atoms with van der Waals surface area (Å²) in [7, 11) is 0. The first-order valence-corrected chi connectivity index (χ1v) is 3.75. The molecule has 0 aromatic carbocycles. The zero-order chi connectivity index (χ0) is 9.68. The quantitative estimate of drug-likeness (QED) is 0.565. The van der Waals surface area contributed by atoms with Crippen LogP contribution in [0.1, 0.15) is 12.0 Å². The van der Waals surface area contributed by atoms with Crippen LogP contribution >= 0.6 is 0 Å². The second kappa shape index (κ2) is 4.35. The Morgan fingerprint density at radius 3 is 3.00 bits per heavy atom. The molecular weight excluding hydrogens is 171 g/mol. The lowest BCUT2D eigenvalue weighted by atomic mass is 10.2. The van der Waals surface area contributed by atoms with Crippen LogP contribution in [0.5, 0.6) is 0 Å². The Morgan fingerprint density at radius 1 is 1.62 bits per heavy atom. The summed E-state index contributed by atoms with van der Waals surface area (Å²) in [5, 5.41) is 0. The van der Waals surface area contributed by atoms with E-state index < -0.39 is 5.95 Å². The molecule has 13 heavy (non-hydrogen) atoms. The molecule has 0 bridgehead atoms. The maximum absolute atomic E-state index is 12.6. The van der Waals surface area contributed by atoms with Gasteiger partial charge in [0, 0.05) is 12.6 Å². The standard InChI is InChI=1S/C9H9FN2O/c10-9-8(11)5-7(6-12-9)3-1-2-4-13/h1,3-6H,2,11H2. The first-order chi connectivity index (χ1) is 6.24. The van der Waals surface area contributed by atoms with Crippen molar-refractivity contribution in [2.75, 3.05) is 5.73 Å². The molecule has 0 aliphatic heterocycles. The number of pyridine rings is 1. The van der Waals surface area contributed by atoms with Crippen molar-refractivity contribution in [3.8, 4) is 0 Å². The number of allylic oxidation sites excluding steroid dienone is 1. The second-order valence-corrected chi connectivity index (χ2v) is 2.45. The number of nitrogens with two attached hydrogens (primary N) is 1. The molecule has 4 heteroatoms. The lowest BCUT2D eigenvalue weighted by molar-refractivity contribution is -0.107. The lowest BCUT2D eigenvalue weighted by Gasteiger charge is -1.96. The molecule has 0 atom stereocenters. The number of carbonyl (C=O) groups is 1. The summed E-state index contributed by atoms with van der Waals surface area (Å²) in [5.41, 5.74) is 5.97. The number of anilines is 1. The van der Waals surface area contributed by atoms with Gasteiger partial charge in [0.05, 0.1) is 5.69 Å². The third kappa shape index (κ3) is 2.66. The summed E-state index contributed by atoms with van der Waals surface area (Å²) >= 11 is 0. The van der Waals surface area contributed by atoms with Gasteiger partial charge < -0.3 is 10.5 Å². The Morgan fingerprint density at radius 2 is 2.38 bits per heavy atom. The summed E-state index contributed by atoms with van der Waals surface area (Å²) in [6, 6.07) is 1.46. The van der Waals surface area contributed by atoms with E-state index in [0.717, 1.165) is 6.29 Å². The van der Waals surface area contributed by atoms with E-state index in [2.05, 4.69) is 4.98 Å². The van der Waals surface area contributed by atoms with Crippen molar-refractivity contribution in [2.45, 2.75) is 6.42 Å². The molecule has 0 amide bonds. The Balaban J connectivity index is 2.79. The van der Waals surface area contributed by atoms with E-state index in [0.29, 0.717) is 12.0 Å². The van der Waals surface area contributed by atoms with Gasteiger partial charge in [0.25, 0.3) is 0 Å². The molecule has 0 unspecified atom stereocenters. The summed E-state index contributed by atoms with van der Waals surface area (Å²) in [5.74, 6) is -0.674. The molecule has 1 rings (SSSR count). The highest BCUT2D eigenvalue weighted by atomic mass is 19.1. The van der Waals surface area contributed by atoms with Crippen LogP contribution in [-0.2, 0) is 4.79 Å². The van der Waals surface area contributed by atoms with E-state index in [1.165, 1.54) is 12.3 Å². The Hall–Kier alpha value is -1.71. The fourth-order valence-corrected chi connectivity index (χ4v) is 0.833. The Labute approximate surface area is 75.1 Å². The highest BCUT2D eigenvalue weighted by Crippen LogP contribution is 2.10. The van der Waals surface area contributed by atoms with Crippen LogP contribution in [0.15, 0.2) is 18.3 Å². The number of nitrogens with zero attached hydrogens (tertiary/aromatic N) is 1. The molecule has 0 radical (unpaired) electrons. The third-order valence-corrected chi connectivity index (χ3v) is 1.43. The fraction of sp³-hybridized carbons (Fsp3) is 0.111. The van der Waals surface area contributed by atoms with Crippen molar-refractivity contribution in [3.05, 3.63) is 29.9 Å². The first kappa shape index (κ1) is 9.38. The van der Waals surface area contributed by atoms with E-state index in [1.54, 1.807) is 12.2 Å². The molecule has 0 fully saturated rings. The topological polar surface area (TPSA) is 56.0 Å². The van der Waals surface area contributed by atoms with Gasteiger partial charge in [-0.1, -0.05) is 12.2 Å². The molecule has 1 aromatic rings. The third-order valence-electron chi connectivity index (χ3n) is 1.43. The van der Waals surface area contributed by atoms with E-state index in [9.17, 15) is 9.18 Å². The molecule has 0 saturated heterocycles. The predicted molar refractivity (Wildman–Crippen MR) is 48.3 cm³/mol. The van der Waals surface area contributed by atoms with Crippen LogP contribution in [-0.4, -0.2) is 11.3 Å². The summed E-state index contributed by atoms with van der Waals surface area (Å²) in [6.45, 7) is 0. The monoisotopic (exact) mass is 180 g/mol. The Bertz CT molecular complexity index is 336. The van der Waals surface area contributed by atoms with Gasteiger partial charge >= 0.3 is 0 Å². The molecule has 0 aliphatic rings. The molecule has 1 aromatic heterocycles. The van der Waals surface area contributed by atoms with Crippen molar-refractivity contribution in [1.29, 1.82) is 0 Å². The number of aldehydes is 1. The molecule has 3 nitrogen and oxygen atoms in total. The van der Waals surface area contributed by atoms with E-state index in [-0.39, 0.29) is 5.69 Å². The van der Waals surface area contributed by atoms with Gasteiger partial charge in [0.1, 0.15) is 6.29 Å². The summed E-state index contributed by atoms with van der Waals surface area (Å²) < 4.78 is 12.6. The summed E-state index contributed by atoms with van der Waals surface area (Å²) in [6.07, 6.45) is 5.78. The zero-order valence-corrected chi connectivity index (χ0v) is 6.90. The normalized spacial score (nSPS) is 10.5. The SMILES string of the molecule is Nc1cc(C=CCC=O)cnc1F. The number of nitrogen functional groups attached to an aromatic ring is 1. The zero-order valence-electron chi connectivity index (χ0n) is 6.90.